The van der Waals surface area contributed by atoms with Crippen LogP contribution in [0.25, 0.3) is 0 Å². The largest absolute Gasteiger partial charge is 0.462 e. The minimum atomic E-state index is -0.801. The average molecular weight is 1020 g/mol. The average Bonchev–Trinajstić information content (AvgIpc) is 3.40. The van der Waals surface area contributed by atoms with Crippen LogP contribution in [0.3, 0.4) is 0 Å². The van der Waals surface area contributed by atoms with Crippen LogP contribution in [0.5, 0.6) is 0 Å². The van der Waals surface area contributed by atoms with Crippen LogP contribution >= 0.6 is 0 Å². The SMILES string of the molecule is CC/C=C\C/C=C\C/C=C\C/C=C\C/C=C\C/C=C\C/C=C\C/C=C\C/C=C\C/C=C\CCCCCCC(=O)OC(CO)COC(=O)CCCCCCCCCCCCCC/C=C\C/C=C\C/C=C\C/C=C\CC. The van der Waals surface area contributed by atoms with E-state index in [1.54, 1.807) is 0 Å². The fraction of sp³-hybridized carbons (Fsp3) is 0.565. The van der Waals surface area contributed by atoms with Crippen molar-refractivity contribution < 1.29 is 24.2 Å². The lowest BCUT2D eigenvalue weighted by molar-refractivity contribution is -0.161. The van der Waals surface area contributed by atoms with E-state index in [1.165, 1.54) is 64.2 Å². The third-order valence-corrected chi connectivity index (χ3v) is 12.0. The molecular formula is C69H108O5. The standard InChI is InChI=1S/C69H108O5/c1-3-5-7-9-11-13-15-17-19-21-23-25-27-29-30-31-32-33-34-35-36-37-38-40-42-44-46-48-50-52-54-56-58-60-62-64-69(72)74-67(65-70)66-73-68(71)63-61-59-57-55-53-51-49-47-45-43-41-39-28-26-24-22-20-18-16-14-12-10-8-6-4-2/h5-8,11-14,17-20,23-26,29-30,32-33,35-36,38,40,44,46,50,52,67,70H,3-4,9-10,15-16,21-22,27-28,31,34,37,39,41-43,45,47-49,51,53-66H2,1-2H3/b7-5-,8-6-,13-11-,14-12-,19-17-,20-18-,25-23-,26-24-,30-29-,33-32-,36-35-,40-38-,46-44-,52-50-. The van der Waals surface area contributed by atoms with Crippen molar-refractivity contribution in [1.82, 2.24) is 0 Å². The monoisotopic (exact) mass is 1020 g/mol. The molecular weight excluding hydrogens is 909 g/mol. The Morgan fingerprint density at radius 3 is 0.811 bits per heavy atom. The number of unbranched alkanes of at least 4 members (excludes halogenated alkanes) is 16. The van der Waals surface area contributed by atoms with E-state index in [-0.39, 0.29) is 25.2 Å². The molecule has 1 N–H and O–H groups in total. The molecule has 5 nitrogen and oxygen atoms in total. The zero-order valence-corrected chi connectivity index (χ0v) is 47.3. The van der Waals surface area contributed by atoms with Crippen molar-refractivity contribution in [3.05, 3.63) is 170 Å². The maximum atomic E-state index is 12.3. The van der Waals surface area contributed by atoms with Gasteiger partial charge in [0.15, 0.2) is 6.10 Å². The zero-order valence-electron chi connectivity index (χ0n) is 47.3. The molecule has 0 aromatic heterocycles. The maximum absolute atomic E-state index is 12.3. The molecule has 74 heavy (non-hydrogen) atoms. The van der Waals surface area contributed by atoms with Crippen LogP contribution in [0.4, 0.5) is 0 Å². The van der Waals surface area contributed by atoms with Gasteiger partial charge in [-0.05, 0) is 128 Å². The van der Waals surface area contributed by atoms with Crippen molar-refractivity contribution in [3.8, 4) is 0 Å². The third-order valence-electron chi connectivity index (χ3n) is 12.0. The van der Waals surface area contributed by atoms with E-state index in [4.69, 9.17) is 9.47 Å². The first-order chi connectivity index (χ1) is 36.6. The molecule has 1 atom stereocenters. The van der Waals surface area contributed by atoms with Crippen LogP contribution in [0.1, 0.15) is 232 Å². The number of aliphatic hydroxyl groups excluding tert-OH is 1. The summed E-state index contributed by atoms with van der Waals surface area (Å²) in [4.78, 5) is 24.6. The number of ether oxygens (including phenoxy) is 2. The van der Waals surface area contributed by atoms with Crippen molar-refractivity contribution in [2.24, 2.45) is 0 Å². The molecule has 0 aliphatic carbocycles. The Kier molecular flexibility index (Phi) is 58.5. The molecule has 0 rings (SSSR count). The second-order valence-electron chi connectivity index (χ2n) is 19.0. The van der Waals surface area contributed by atoms with E-state index in [0.717, 1.165) is 141 Å². The topological polar surface area (TPSA) is 72.8 Å². The van der Waals surface area contributed by atoms with Gasteiger partial charge in [0.2, 0.25) is 0 Å². The number of allylic oxidation sites excluding steroid dienone is 28. The van der Waals surface area contributed by atoms with Crippen LogP contribution in [0.2, 0.25) is 0 Å². The minimum Gasteiger partial charge on any atom is -0.462 e. The Balaban J connectivity index is 3.64. The smallest absolute Gasteiger partial charge is 0.306 e. The molecule has 5 heteroatoms. The predicted octanol–water partition coefficient (Wildman–Crippen LogP) is 20.5. The summed E-state index contributed by atoms with van der Waals surface area (Å²) < 4.78 is 10.7. The van der Waals surface area contributed by atoms with E-state index in [2.05, 4.69) is 184 Å². The van der Waals surface area contributed by atoms with Gasteiger partial charge in [-0.15, -0.1) is 0 Å². The second-order valence-corrected chi connectivity index (χ2v) is 19.0. The first-order valence-corrected chi connectivity index (χ1v) is 29.7. The fourth-order valence-corrected chi connectivity index (χ4v) is 7.63. The summed E-state index contributed by atoms with van der Waals surface area (Å²) in [6, 6.07) is 0. The van der Waals surface area contributed by atoms with Crippen LogP contribution in [0, 0.1) is 0 Å². The van der Waals surface area contributed by atoms with Crippen LogP contribution in [-0.4, -0.2) is 36.4 Å². The van der Waals surface area contributed by atoms with Gasteiger partial charge >= 0.3 is 11.9 Å². The van der Waals surface area contributed by atoms with E-state index in [1.807, 2.05) is 0 Å². The lowest BCUT2D eigenvalue weighted by Gasteiger charge is -2.15. The van der Waals surface area contributed by atoms with Crippen molar-refractivity contribution >= 4 is 11.9 Å². The molecule has 0 saturated carbocycles. The van der Waals surface area contributed by atoms with Gasteiger partial charge in [-0.3, -0.25) is 9.59 Å². The van der Waals surface area contributed by atoms with Gasteiger partial charge in [0.1, 0.15) is 6.61 Å². The number of hydrogen-bond donors (Lipinski definition) is 1. The van der Waals surface area contributed by atoms with Crippen LogP contribution < -0.4 is 0 Å². The highest BCUT2D eigenvalue weighted by Gasteiger charge is 2.16. The van der Waals surface area contributed by atoms with Gasteiger partial charge in [0, 0.05) is 12.8 Å². The highest BCUT2D eigenvalue weighted by molar-refractivity contribution is 5.70. The van der Waals surface area contributed by atoms with Gasteiger partial charge in [-0.2, -0.15) is 0 Å². The lowest BCUT2D eigenvalue weighted by Crippen LogP contribution is -2.28. The van der Waals surface area contributed by atoms with Gasteiger partial charge in [0.25, 0.3) is 0 Å². The molecule has 0 fully saturated rings. The summed E-state index contributed by atoms with van der Waals surface area (Å²) >= 11 is 0. The van der Waals surface area contributed by atoms with Crippen molar-refractivity contribution in [3.63, 3.8) is 0 Å². The number of esters is 2. The number of carbonyl (C=O) groups excluding carboxylic acids is 2. The van der Waals surface area contributed by atoms with E-state index in [9.17, 15) is 14.7 Å². The molecule has 414 valence electrons. The Morgan fingerprint density at radius 2 is 0.541 bits per heavy atom. The second kappa shape index (κ2) is 62.6. The van der Waals surface area contributed by atoms with E-state index in [0.29, 0.717) is 12.8 Å². The summed E-state index contributed by atoms with van der Waals surface area (Å²) in [5, 5.41) is 9.66. The highest BCUT2D eigenvalue weighted by atomic mass is 16.6. The van der Waals surface area contributed by atoms with Crippen molar-refractivity contribution in [1.29, 1.82) is 0 Å². The Bertz CT molecular complexity index is 1670. The predicted molar refractivity (Wildman–Crippen MR) is 324 cm³/mol. The summed E-state index contributed by atoms with van der Waals surface area (Å²) in [5.74, 6) is -0.633. The van der Waals surface area contributed by atoms with Crippen LogP contribution in [-0.2, 0) is 19.1 Å². The van der Waals surface area contributed by atoms with Crippen LogP contribution in [0.15, 0.2) is 170 Å². The Labute approximate surface area is 455 Å². The van der Waals surface area contributed by atoms with E-state index >= 15 is 0 Å². The normalized spacial score (nSPS) is 13.5. The lowest BCUT2D eigenvalue weighted by atomic mass is 10.0. The Hall–Kier alpha value is -4.74. The summed E-state index contributed by atoms with van der Waals surface area (Å²) in [7, 11) is 0. The number of hydrogen-bond acceptors (Lipinski definition) is 5. The minimum absolute atomic E-state index is 0.0883. The number of aliphatic hydroxyl groups is 1. The van der Waals surface area contributed by atoms with E-state index < -0.39 is 6.10 Å². The maximum Gasteiger partial charge on any atom is 0.306 e. The molecule has 0 aromatic rings. The molecule has 0 radical (unpaired) electrons. The highest BCUT2D eigenvalue weighted by Crippen LogP contribution is 2.14. The fourth-order valence-electron chi connectivity index (χ4n) is 7.63. The molecule has 0 aliphatic rings. The molecule has 1 unspecified atom stereocenters. The Morgan fingerprint density at radius 1 is 0.311 bits per heavy atom. The molecule has 0 heterocycles. The first kappa shape index (κ1) is 69.3. The molecule has 0 spiro atoms. The van der Waals surface area contributed by atoms with Crippen molar-refractivity contribution in [2.45, 2.75) is 238 Å². The third kappa shape index (κ3) is 59.8. The van der Waals surface area contributed by atoms with Gasteiger partial charge in [-0.1, -0.05) is 261 Å². The van der Waals surface area contributed by atoms with Gasteiger partial charge in [-0.25, -0.2) is 0 Å². The molecule has 0 aromatic carbocycles. The summed E-state index contributed by atoms with van der Waals surface area (Å²) in [6.45, 7) is 3.89. The molecule has 0 amide bonds. The number of rotatable bonds is 52. The van der Waals surface area contributed by atoms with Gasteiger partial charge < -0.3 is 14.6 Å². The zero-order chi connectivity index (χ0) is 53.4. The summed E-state index contributed by atoms with van der Waals surface area (Å²) in [5.41, 5.74) is 0. The molecule has 0 saturated heterocycles. The molecule has 0 aliphatic heterocycles. The molecule has 0 bridgehead atoms. The van der Waals surface area contributed by atoms with Gasteiger partial charge in [0.05, 0.1) is 6.61 Å². The quantitative estimate of drug-likeness (QED) is 0.0373. The van der Waals surface area contributed by atoms with Crippen molar-refractivity contribution in [2.75, 3.05) is 13.2 Å². The number of carbonyl (C=O) groups is 2. The first-order valence-electron chi connectivity index (χ1n) is 29.7. The summed E-state index contributed by atoms with van der Waals surface area (Å²) in [6.07, 6.45) is 97.5.